The summed E-state index contributed by atoms with van der Waals surface area (Å²) in [6.07, 6.45) is -4.91. The SMILES string of the molecule is CC(O)(CS(=O)(=O)c1ccc(F)cc1)C(=O)Nc1ccc(NC(=O)CCl)c(C(F)(F)F)c1. The Labute approximate surface area is 185 Å². The van der Waals surface area contributed by atoms with Gasteiger partial charge in [-0.05, 0) is 49.4 Å². The van der Waals surface area contributed by atoms with E-state index in [1.807, 2.05) is 10.6 Å². The van der Waals surface area contributed by atoms with Crippen molar-refractivity contribution in [2.45, 2.75) is 23.6 Å². The van der Waals surface area contributed by atoms with Crippen LogP contribution in [0.25, 0.3) is 0 Å². The number of aliphatic hydroxyl groups is 1. The van der Waals surface area contributed by atoms with Gasteiger partial charge in [0.2, 0.25) is 5.91 Å². The van der Waals surface area contributed by atoms with Gasteiger partial charge in [0.05, 0.1) is 21.9 Å². The van der Waals surface area contributed by atoms with Crippen LogP contribution in [0.5, 0.6) is 0 Å². The maximum atomic E-state index is 13.3. The first kappa shape index (κ1) is 25.6. The van der Waals surface area contributed by atoms with Crippen LogP contribution in [0.4, 0.5) is 28.9 Å². The Bertz CT molecular complexity index is 1120. The molecule has 1 atom stereocenters. The summed E-state index contributed by atoms with van der Waals surface area (Å²) in [5.41, 5.74) is -4.86. The molecule has 0 aromatic heterocycles. The molecule has 3 N–H and O–H groups in total. The van der Waals surface area contributed by atoms with Gasteiger partial charge in [-0.3, -0.25) is 9.59 Å². The fourth-order valence-corrected chi connectivity index (χ4v) is 4.23. The Morgan fingerprint density at radius 2 is 1.66 bits per heavy atom. The highest BCUT2D eigenvalue weighted by Gasteiger charge is 2.38. The third kappa shape index (κ3) is 6.40. The minimum atomic E-state index is -4.91. The zero-order valence-electron chi connectivity index (χ0n) is 16.3. The Kier molecular flexibility index (Phi) is 7.53. The number of rotatable bonds is 7. The lowest BCUT2D eigenvalue weighted by atomic mass is 10.1. The summed E-state index contributed by atoms with van der Waals surface area (Å²) >= 11 is 5.28. The molecule has 2 aromatic rings. The van der Waals surface area contributed by atoms with Gasteiger partial charge in [-0.15, -0.1) is 11.6 Å². The van der Waals surface area contributed by atoms with Crippen LogP contribution >= 0.6 is 11.6 Å². The second-order valence-corrected chi connectivity index (χ2v) is 9.14. The first-order valence-electron chi connectivity index (χ1n) is 8.75. The molecule has 0 radical (unpaired) electrons. The molecule has 7 nitrogen and oxygen atoms in total. The third-order valence-electron chi connectivity index (χ3n) is 4.11. The van der Waals surface area contributed by atoms with Crippen molar-refractivity contribution < 1.29 is 40.7 Å². The maximum absolute atomic E-state index is 13.3. The smallest absolute Gasteiger partial charge is 0.379 e. The first-order chi connectivity index (χ1) is 14.7. The largest absolute Gasteiger partial charge is 0.418 e. The molecule has 0 aliphatic rings. The molecule has 0 aliphatic heterocycles. The van der Waals surface area contributed by atoms with E-state index in [0.29, 0.717) is 6.07 Å². The molecule has 174 valence electrons. The Morgan fingerprint density at radius 3 is 2.19 bits per heavy atom. The first-order valence-corrected chi connectivity index (χ1v) is 10.9. The summed E-state index contributed by atoms with van der Waals surface area (Å²) in [6.45, 7) is 0.864. The van der Waals surface area contributed by atoms with Crippen LogP contribution in [0.3, 0.4) is 0 Å². The molecule has 13 heteroatoms. The number of nitrogens with one attached hydrogen (secondary N) is 2. The van der Waals surface area contributed by atoms with Crippen molar-refractivity contribution in [2.24, 2.45) is 0 Å². The lowest BCUT2D eigenvalue weighted by Crippen LogP contribution is -2.45. The number of sulfone groups is 1. The molecule has 0 heterocycles. The number of hydrogen-bond acceptors (Lipinski definition) is 5. The van der Waals surface area contributed by atoms with Crippen molar-refractivity contribution in [2.75, 3.05) is 22.3 Å². The van der Waals surface area contributed by atoms with E-state index in [2.05, 4.69) is 0 Å². The second kappa shape index (κ2) is 9.43. The van der Waals surface area contributed by atoms with E-state index in [4.69, 9.17) is 11.6 Å². The zero-order chi connectivity index (χ0) is 24.3. The molecular weight excluding hydrogens is 480 g/mol. The van der Waals surface area contributed by atoms with Crippen molar-refractivity contribution in [3.05, 3.63) is 53.8 Å². The standard InChI is InChI=1S/C19H17ClF4N2O5S/c1-18(29,10-32(30,31)13-5-2-11(21)3-6-13)17(28)25-12-4-7-15(26-16(27)9-20)14(8-12)19(22,23)24/h2-8,29H,9-10H2,1H3,(H,25,28)(H,26,27). The van der Waals surface area contributed by atoms with Gasteiger partial charge in [-0.1, -0.05) is 0 Å². The van der Waals surface area contributed by atoms with Gasteiger partial charge < -0.3 is 15.7 Å². The van der Waals surface area contributed by atoms with E-state index in [0.717, 1.165) is 43.3 Å². The Hall–Kier alpha value is -2.70. The van der Waals surface area contributed by atoms with Crippen LogP contribution in [0, 0.1) is 5.82 Å². The van der Waals surface area contributed by atoms with Crippen LogP contribution < -0.4 is 10.6 Å². The summed E-state index contributed by atoms with van der Waals surface area (Å²) in [6, 6.07) is 6.04. The molecule has 32 heavy (non-hydrogen) atoms. The van der Waals surface area contributed by atoms with Gasteiger partial charge in [0, 0.05) is 5.69 Å². The number of carbonyl (C=O) groups excluding carboxylic acids is 2. The molecule has 0 spiro atoms. The fourth-order valence-electron chi connectivity index (χ4n) is 2.58. The van der Waals surface area contributed by atoms with Crippen LogP contribution in [0.2, 0.25) is 0 Å². The molecule has 2 amide bonds. The predicted octanol–water partition coefficient (Wildman–Crippen LogP) is 3.19. The highest BCUT2D eigenvalue weighted by molar-refractivity contribution is 7.91. The Morgan fingerprint density at radius 1 is 1.06 bits per heavy atom. The van der Waals surface area contributed by atoms with Gasteiger partial charge in [-0.2, -0.15) is 13.2 Å². The molecule has 0 saturated carbocycles. The van der Waals surface area contributed by atoms with Crippen molar-refractivity contribution in [3.63, 3.8) is 0 Å². The average molecular weight is 497 g/mol. The summed E-state index contributed by atoms with van der Waals surface area (Å²) in [5.74, 6) is -4.58. The molecule has 2 rings (SSSR count). The monoisotopic (exact) mass is 496 g/mol. The van der Waals surface area contributed by atoms with Crippen LogP contribution in [-0.2, 0) is 25.6 Å². The fraction of sp³-hybridized carbons (Fsp3) is 0.263. The van der Waals surface area contributed by atoms with Gasteiger partial charge in [-0.25, -0.2) is 12.8 Å². The van der Waals surface area contributed by atoms with E-state index >= 15 is 0 Å². The molecule has 0 bridgehead atoms. The summed E-state index contributed by atoms with van der Waals surface area (Å²) in [4.78, 5) is 23.4. The highest BCUT2D eigenvalue weighted by Crippen LogP contribution is 2.37. The normalized spacial score (nSPS) is 13.8. The summed E-state index contributed by atoms with van der Waals surface area (Å²) in [5, 5.41) is 14.4. The minimum Gasteiger partial charge on any atom is -0.379 e. The number of hydrogen-bond donors (Lipinski definition) is 3. The topological polar surface area (TPSA) is 113 Å². The lowest BCUT2D eigenvalue weighted by molar-refractivity contribution is -0.137. The van der Waals surface area contributed by atoms with Crippen molar-refractivity contribution in [3.8, 4) is 0 Å². The summed E-state index contributed by atoms with van der Waals surface area (Å²) in [7, 11) is -4.24. The molecule has 0 fully saturated rings. The number of amides is 2. The Balaban J connectivity index is 2.26. The van der Waals surface area contributed by atoms with Gasteiger partial charge in [0.15, 0.2) is 15.4 Å². The minimum absolute atomic E-state index is 0.356. The number of anilines is 2. The third-order valence-corrected chi connectivity index (χ3v) is 6.29. The average Bonchev–Trinajstić information content (AvgIpc) is 2.67. The van der Waals surface area contributed by atoms with E-state index in [9.17, 15) is 40.7 Å². The van der Waals surface area contributed by atoms with Crippen LogP contribution in [0.15, 0.2) is 47.4 Å². The number of alkyl halides is 4. The highest BCUT2D eigenvalue weighted by atomic mass is 35.5. The van der Waals surface area contributed by atoms with Crippen LogP contribution in [-0.4, -0.2) is 42.6 Å². The maximum Gasteiger partial charge on any atom is 0.418 e. The number of carbonyl (C=O) groups is 2. The second-order valence-electron chi connectivity index (χ2n) is 6.88. The van der Waals surface area contributed by atoms with Crippen molar-refractivity contribution in [1.82, 2.24) is 0 Å². The quantitative estimate of drug-likeness (QED) is 0.309. The molecule has 1 unspecified atom stereocenters. The van der Waals surface area contributed by atoms with E-state index in [-0.39, 0.29) is 4.90 Å². The van der Waals surface area contributed by atoms with Gasteiger partial charge >= 0.3 is 6.18 Å². The van der Waals surface area contributed by atoms with E-state index in [1.54, 1.807) is 0 Å². The van der Waals surface area contributed by atoms with Gasteiger partial charge in [0.1, 0.15) is 11.7 Å². The summed E-state index contributed by atoms with van der Waals surface area (Å²) < 4.78 is 77.9. The lowest BCUT2D eigenvalue weighted by Gasteiger charge is -2.23. The molecule has 0 aliphatic carbocycles. The molecule has 2 aromatic carbocycles. The number of halogens is 5. The van der Waals surface area contributed by atoms with Crippen molar-refractivity contribution >= 4 is 44.6 Å². The van der Waals surface area contributed by atoms with E-state index in [1.165, 1.54) is 0 Å². The molecular formula is C19H17ClF4N2O5S. The van der Waals surface area contributed by atoms with E-state index < -0.39 is 67.8 Å². The predicted molar refractivity (Wildman–Crippen MR) is 109 cm³/mol. The van der Waals surface area contributed by atoms with Crippen molar-refractivity contribution in [1.29, 1.82) is 0 Å². The number of benzene rings is 2. The van der Waals surface area contributed by atoms with Crippen LogP contribution in [0.1, 0.15) is 12.5 Å². The molecule has 0 saturated heterocycles. The zero-order valence-corrected chi connectivity index (χ0v) is 17.9. The van der Waals surface area contributed by atoms with Gasteiger partial charge in [0.25, 0.3) is 5.91 Å².